The van der Waals surface area contributed by atoms with Crippen LogP contribution >= 0.6 is 0 Å². The fourth-order valence-electron chi connectivity index (χ4n) is 4.89. The van der Waals surface area contributed by atoms with Crippen LogP contribution in [0.5, 0.6) is 11.5 Å². The molecule has 1 aliphatic heterocycles. The number of ether oxygens (including phenoxy) is 3. The van der Waals surface area contributed by atoms with Crippen LogP contribution in [0.3, 0.4) is 0 Å². The second-order valence-electron chi connectivity index (χ2n) is 10.8. The van der Waals surface area contributed by atoms with E-state index in [1.807, 2.05) is 43.9 Å². The van der Waals surface area contributed by atoms with Crippen LogP contribution in [0, 0.1) is 0 Å². The lowest BCUT2D eigenvalue weighted by atomic mass is 9.95. The normalized spacial score (nSPS) is 13.2. The van der Waals surface area contributed by atoms with Crippen molar-refractivity contribution >= 4 is 6.09 Å². The number of benzene rings is 3. The fraction of sp³-hybridized carbons (Fsp3) is 0.303. The minimum Gasteiger partial charge on any atom is -0.496 e. The number of fused-ring (bicyclic) bond motifs is 1. The maximum absolute atomic E-state index is 12.6. The Hall–Kier alpha value is -4.39. The van der Waals surface area contributed by atoms with Crippen LogP contribution in [0.25, 0.3) is 22.3 Å². The van der Waals surface area contributed by atoms with Gasteiger partial charge in [-0.15, -0.1) is 0 Å². The summed E-state index contributed by atoms with van der Waals surface area (Å²) < 4.78 is 17.4. The zero-order valence-electron chi connectivity index (χ0n) is 23.5. The predicted molar refractivity (Wildman–Crippen MR) is 155 cm³/mol. The van der Waals surface area contributed by atoms with E-state index in [-0.39, 0.29) is 6.09 Å². The molecular formula is C33H35N3O4. The number of hydrogen-bond acceptors (Lipinski definition) is 6. The average molecular weight is 538 g/mol. The van der Waals surface area contributed by atoms with Crippen molar-refractivity contribution in [3.63, 3.8) is 0 Å². The second kappa shape index (κ2) is 11.8. The third kappa shape index (κ3) is 6.42. The fourth-order valence-corrected chi connectivity index (χ4v) is 4.89. The molecule has 0 aliphatic carbocycles. The lowest BCUT2D eigenvalue weighted by Crippen LogP contribution is -2.38. The molecule has 7 nitrogen and oxygen atoms in total. The number of aromatic nitrogens is 2. The quantitative estimate of drug-likeness (QED) is 0.271. The Bertz CT molecular complexity index is 1460. The van der Waals surface area contributed by atoms with Crippen molar-refractivity contribution in [1.29, 1.82) is 0 Å². The van der Waals surface area contributed by atoms with Gasteiger partial charge in [0.15, 0.2) is 0 Å². The first kappa shape index (κ1) is 27.2. The van der Waals surface area contributed by atoms with E-state index in [0.29, 0.717) is 19.7 Å². The van der Waals surface area contributed by atoms with E-state index in [0.717, 1.165) is 52.3 Å². The van der Waals surface area contributed by atoms with Crippen LogP contribution in [0.4, 0.5) is 4.79 Å². The maximum atomic E-state index is 12.6. The highest BCUT2D eigenvalue weighted by molar-refractivity contribution is 5.79. The Balaban J connectivity index is 1.34. The maximum Gasteiger partial charge on any atom is 0.410 e. The topological polar surface area (TPSA) is 73.8 Å². The van der Waals surface area contributed by atoms with Gasteiger partial charge in [0.1, 0.15) is 23.7 Å². The third-order valence-corrected chi connectivity index (χ3v) is 6.87. The van der Waals surface area contributed by atoms with Gasteiger partial charge in [0.2, 0.25) is 0 Å². The number of hydrogen-bond donors (Lipinski definition) is 0. The third-order valence-electron chi connectivity index (χ3n) is 6.87. The molecule has 0 fully saturated rings. The van der Waals surface area contributed by atoms with Crippen molar-refractivity contribution in [2.24, 2.45) is 0 Å². The van der Waals surface area contributed by atoms with Gasteiger partial charge in [-0.1, -0.05) is 48.5 Å². The van der Waals surface area contributed by atoms with Crippen LogP contribution in [0.15, 0.2) is 79.3 Å². The molecule has 4 aromatic rings. The first-order valence-corrected chi connectivity index (χ1v) is 13.6. The van der Waals surface area contributed by atoms with Gasteiger partial charge in [0, 0.05) is 25.5 Å². The number of rotatable bonds is 6. The molecule has 0 saturated carbocycles. The predicted octanol–water partition coefficient (Wildman–Crippen LogP) is 6.73. The Morgan fingerprint density at radius 1 is 0.875 bits per heavy atom. The van der Waals surface area contributed by atoms with E-state index in [2.05, 4.69) is 52.4 Å². The van der Waals surface area contributed by atoms with Crippen molar-refractivity contribution in [2.45, 2.75) is 45.8 Å². The summed E-state index contributed by atoms with van der Waals surface area (Å²) in [5, 5.41) is 0. The zero-order chi connectivity index (χ0) is 28.1. The molecule has 40 heavy (non-hydrogen) atoms. The van der Waals surface area contributed by atoms with E-state index in [9.17, 15) is 4.79 Å². The minimum absolute atomic E-state index is 0.243. The highest BCUT2D eigenvalue weighted by atomic mass is 16.6. The Morgan fingerprint density at radius 3 is 2.27 bits per heavy atom. The molecule has 0 bridgehead atoms. The lowest BCUT2D eigenvalue weighted by molar-refractivity contribution is 0.0258. The van der Waals surface area contributed by atoms with Crippen molar-refractivity contribution < 1.29 is 19.0 Å². The number of amides is 1. The van der Waals surface area contributed by atoms with E-state index >= 15 is 0 Å². The molecule has 0 spiro atoms. The summed E-state index contributed by atoms with van der Waals surface area (Å²) >= 11 is 0. The van der Waals surface area contributed by atoms with E-state index in [1.54, 1.807) is 25.7 Å². The van der Waals surface area contributed by atoms with Crippen molar-refractivity contribution in [3.8, 4) is 33.8 Å². The molecule has 0 saturated heterocycles. The molecule has 0 atom stereocenters. The summed E-state index contributed by atoms with van der Waals surface area (Å²) in [5.41, 5.74) is 6.98. The van der Waals surface area contributed by atoms with E-state index in [1.165, 1.54) is 11.1 Å². The molecule has 0 radical (unpaired) electrons. The zero-order valence-corrected chi connectivity index (χ0v) is 23.5. The number of carbonyl (C=O) groups is 1. The Kier molecular flexibility index (Phi) is 8.01. The summed E-state index contributed by atoms with van der Waals surface area (Å²) in [6, 6.07) is 20.8. The highest BCUT2D eigenvalue weighted by Crippen LogP contribution is 2.39. The van der Waals surface area contributed by atoms with Crippen molar-refractivity contribution in [1.82, 2.24) is 14.9 Å². The average Bonchev–Trinajstić information content (AvgIpc) is 3.18. The van der Waals surface area contributed by atoms with Crippen LogP contribution in [0.2, 0.25) is 0 Å². The summed E-state index contributed by atoms with van der Waals surface area (Å²) in [5.74, 6) is 1.46. The largest absolute Gasteiger partial charge is 0.496 e. The van der Waals surface area contributed by atoms with Gasteiger partial charge in [0.25, 0.3) is 0 Å². The van der Waals surface area contributed by atoms with Crippen molar-refractivity contribution in [2.75, 3.05) is 20.2 Å². The summed E-state index contributed by atoms with van der Waals surface area (Å²) in [6.45, 7) is 7.32. The summed E-state index contributed by atoms with van der Waals surface area (Å²) in [7, 11) is 1.67. The van der Waals surface area contributed by atoms with Gasteiger partial charge in [-0.3, -0.25) is 9.97 Å². The molecular weight excluding hydrogens is 502 g/mol. The van der Waals surface area contributed by atoms with Gasteiger partial charge in [0.05, 0.1) is 24.6 Å². The Morgan fingerprint density at radius 2 is 1.57 bits per heavy atom. The van der Waals surface area contributed by atoms with Crippen LogP contribution < -0.4 is 9.47 Å². The molecule has 206 valence electrons. The standard InChI is InChI=1S/C33H35N3O4/c1-33(2,3)40-32(37)36-18-14-24-10-13-26(20-27(24)15-19-36)23-8-11-25(12-9-23)31-29(38-4)6-5-7-30(31)39-22-28-21-34-16-17-35-28/h5-13,16-17,20-21H,14-15,18-19,22H2,1-4H3. The van der Waals surface area contributed by atoms with E-state index in [4.69, 9.17) is 14.2 Å². The monoisotopic (exact) mass is 537 g/mol. The lowest BCUT2D eigenvalue weighted by Gasteiger charge is -2.26. The van der Waals surface area contributed by atoms with Gasteiger partial charge in [-0.25, -0.2) is 4.79 Å². The van der Waals surface area contributed by atoms with Crippen LogP contribution in [-0.2, 0) is 24.2 Å². The van der Waals surface area contributed by atoms with Gasteiger partial charge in [-0.2, -0.15) is 0 Å². The molecule has 3 aromatic carbocycles. The summed E-state index contributed by atoms with van der Waals surface area (Å²) in [6.07, 6.45) is 6.37. The second-order valence-corrected chi connectivity index (χ2v) is 10.8. The smallest absolute Gasteiger partial charge is 0.410 e. The molecule has 1 aliphatic rings. The van der Waals surface area contributed by atoms with Crippen LogP contribution in [-0.4, -0.2) is 46.8 Å². The molecule has 1 aromatic heterocycles. The van der Waals surface area contributed by atoms with Crippen LogP contribution in [0.1, 0.15) is 37.6 Å². The SMILES string of the molecule is COc1cccc(OCc2cnccn2)c1-c1ccc(-c2ccc3c(c2)CCN(C(=O)OC(C)(C)C)CC3)cc1. The summed E-state index contributed by atoms with van der Waals surface area (Å²) in [4.78, 5) is 22.9. The molecule has 7 heteroatoms. The highest BCUT2D eigenvalue weighted by Gasteiger charge is 2.24. The molecule has 5 rings (SSSR count). The van der Waals surface area contributed by atoms with Gasteiger partial charge >= 0.3 is 6.09 Å². The first-order chi connectivity index (χ1) is 19.3. The van der Waals surface area contributed by atoms with Crippen molar-refractivity contribution in [3.05, 3.63) is 96.1 Å². The minimum atomic E-state index is -0.497. The molecule has 1 amide bonds. The number of nitrogens with zero attached hydrogens (tertiary/aromatic N) is 3. The molecule has 0 N–H and O–H groups in total. The molecule has 0 unspecified atom stereocenters. The number of methoxy groups -OCH3 is 1. The van der Waals surface area contributed by atoms with E-state index < -0.39 is 5.60 Å². The van der Waals surface area contributed by atoms with Gasteiger partial charge < -0.3 is 19.1 Å². The first-order valence-electron chi connectivity index (χ1n) is 13.6. The van der Waals surface area contributed by atoms with Gasteiger partial charge in [-0.05, 0) is 73.6 Å². The molecule has 2 heterocycles. The number of carbonyl (C=O) groups excluding carboxylic acids is 1. The Labute approximate surface area is 235 Å².